The van der Waals surface area contributed by atoms with Crippen molar-refractivity contribution >= 4 is 40.3 Å². The van der Waals surface area contributed by atoms with E-state index >= 15 is 0 Å². The second-order valence-corrected chi connectivity index (χ2v) is 8.28. The number of carbonyl (C=O) groups excluding carboxylic acids is 1. The lowest BCUT2D eigenvalue weighted by Gasteiger charge is -2.10. The second-order valence-electron chi connectivity index (χ2n) is 6.56. The van der Waals surface area contributed by atoms with Crippen LogP contribution in [-0.2, 0) is 11.4 Å². The fourth-order valence-corrected chi connectivity index (χ4v) is 3.39. The summed E-state index contributed by atoms with van der Waals surface area (Å²) < 4.78 is 12.0. The summed E-state index contributed by atoms with van der Waals surface area (Å²) in [6, 6.07) is 15.6. The molecular formula is C21H21NO3S2. The number of amides is 1. The Morgan fingerprint density at radius 1 is 1.04 bits per heavy atom. The summed E-state index contributed by atoms with van der Waals surface area (Å²) in [7, 11) is 0. The molecule has 0 radical (unpaired) electrons. The standard InChI is InChI=1S/C21H21NO3S2/c1-14(2)12-24-17-9-5-16(6-10-17)13-25-18-7-3-15(4-8-18)11-19-20(23)22-21(26)27-19/h3-11,14H,12-13H2,1-2H3,(H,22,23,26)/b19-11-. The van der Waals surface area contributed by atoms with Gasteiger partial charge in [0, 0.05) is 0 Å². The van der Waals surface area contributed by atoms with Gasteiger partial charge >= 0.3 is 0 Å². The SMILES string of the molecule is CC(C)COc1ccc(COc2ccc(/C=C3\SC(=S)NC3=O)cc2)cc1. The zero-order chi connectivity index (χ0) is 19.2. The first-order valence-corrected chi connectivity index (χ1v) is 9.91. The molecule has 6 heteroatoms. The van der Waals surface area contributed by atoms with Crippen LogP contribution in [0, 0.1) is 5.92 Å². The summed E-state index contributed by atoms with van der Waals surface area (Å²) >= 11 is 6.26. The van der Waals surface area contributed by atoms with Gasteiger partial charge in [0.2, 0.25) is 0 Å². The van der Waals surface area contributed by atoms with Gasteiger partial charge in [-0.15, -0.1) is 0 Å². The van der Waals surface area contributed by atoms with Crippen molar-refractivity contribution in [2.45, 2.75) is 20.5 Å². The third-order valence-corrected chi connectivity index (χ3v) is 4.89. The molecule has 4 nitrogen and oxygen atoms in total. The van der Waals surface area contributed by atoms with E-state index in [1.165, 1.54) is 11.8 Å². The molecule has 0 spiro atoms. The van der Waals surface area contributed by atoms with Crippen LogP contribution in [0.25, 0.3) is 6.08 Å². The number of hydrogen-bond acceptors (Lipinski definition) is 5. The maximum Gasteiger partial charge on any atom is 0.263 e. The lowest BCUT2D eigenvalue weighted by atomic mass is 10.2. The van der Waals surface area contributed by atoms with Crippen LogP contribution in [0.4, 0.5) is 0 Å². The van der Waals surface area contributed by atoms with Crippen LogP contribution < -0.4 is 14.8 Å². The highest BCUT2D eigenvalue weighted by molar-refractivity contribution is 8.26. The van der Waals surface area contributed by atoms with Crippen molar-refractivity contribution in [1.82, 2.24) is 5.32 Å². The average molecular weight is 400 g/mol. The molecule has 1 saturated heterocycles. The molecule has 2 aromatic rings. The summed E-state index contributed by atoms with van der Waals surface area (Å²) in [4.78, 5) is 12.3. The van der Waals surface area contributed by atoms with Crippen LogP contribution in [0.15, 0.2) is 53.4 Å². The Morgan fingerprint density at radius 3 is 2.26 bits per heavy atom. The Balaban J connectivity index is 1.53. The van der Waals surface area contributed by atoms with Gasteiger partial charge in [0.05, 0.1) is 11.5 Å². The first-order chi connectivity index (χ1) is 13.0. The number of benzene rings is 2. The highest BCUT2D eigenvalue weighted by Crippen LogP contribution is 2.26. The molecule has 0 saturated carbocycles. The van der Waals surface area contributed by atoms with Gasteiger partial charge in [0.1, 0.15) is 22.4 Å². The number of carbonyl (C=O) groups is 1. The van der Waals surface area contributed by atoms with E-state index in [0.717, 1.165) is 22.6 Å². The van der Waals surface area contributed by atoms with E-state index in [4.69, 9.17) is 21.7 Å². The summed E-state index contributed by atoms with van der Waals surface area (Å²) in [5.41, 5.74) is 2.00. The van der Waals surface area contributed by atoms with Gasteiger partial charge in [0.25, 0.3) is 5.91 Å². The van der Waals surface area contributed by atoms with Crippen molar-refractivity contribution in [3.63, 3.8) is 0 Å². The van der Waals surface area contributed by atoms with Crippen LogP contribution in [-0.4, -0.2) is 16.8 Å². The molecule has 1 fully saturated rings. The minimum Gasteiger partial charge on any atom is -0.493 e. The first kappa shape index (κ1) is 19.5. The van der Waals surface area contributed by atoms with E-state index < -0.39 is 0 Å². The molecule has 0 unspecified atom stereocenters. The highest BCUT2D eigenvalue weighted by Gasteiger charge is 2.21. The Hall–Kier alpha value is -2.31. The van der Waals surface area contributed by atoms with Gasteiger partial charge in [-0.05, 0) is 47.4 Å². The predicted molar refractivity (Wildman–Crippen MR) is 114 cm³/mol. The van der Waals surface area contributed by atoms with Gasteiger partial charge < -0.3 is 14.8 Å². The van der Waals surface area contributed by atoms with E-state index in [1.54, 1.807) is 0 Å². The van der Waals surface area contributed by atoms with Crippen molar-refractivity contribution in [3.8, 4) is 11.5 Å². The van der Waals surface area contributed by atoms with Crippen LogP contribution in [0.5, 0.6) is 11.5 Å². The van der Waals surface area contributed by atoms with Crippen LogP contribution in [0.1, 0.15) is 25.0 Å². The van der Waals surface area contributed by atoms with E-state index in [9.17, 15) is 4.79 Å². The number of nitrogens with one attached hydrogen (secondary N) is 1. The minimum absolute atomic E-state index is 0.147. The molecule has 0 aromatic heterocycles. The summed E-state index contributed by atoms with van der Waals surface area (Å²) in [6.07, 6.45) is 1.82. The third kappa shape index (κ3) is 5.84. The van der Waals surface area contributed by atoms with Gasteiger partial charge in [-0.1, -0.05) is 62.1 Å². The molecule has 27 heavy (non-hydrogen) atoms. The van der Waals surface area contributed by atoms with E-state index in [0.29, 0.717) is 28.4 Å². The molecule has 1 amide bonds. The Labute approximate surface area is 168 Å². The molecule has 0 atom stereocenters. The van der Waals surface area contributed by atoms with Crippen molar-refractivity contribution < 1.29 is 14.3 Å². The molecule has 0 aliphatic carbocycles. The predicted octanol–water partition coefficient (Wildman–Crippen LogP) is 4.79. The van der Waals surface area contributed by atoms with Crippen molar-refractivity contribution in [2.75, 3.05) is 6.61 Å². The summed E-state index contributed by atoms with van der Waals surface area (Å²) in [5.74, 6) is 2.01. The molecule has 2 aromatic carbocycles. The minimum atomic E-state index is -0.147. The average Bonchev–Trinajstić information content (AvgIpc) is 2.97. The van der Waals surface area contributed by atoms with Gasteiger partial charge in [-0.25, -0.2) is 0 Å². The van der Waals surface area contributed by atoms with Crippen LogP contribution in [0.2, 0.25) is 0 Å². The molecule has 3 rings (SSSR count). The first-order valence-electron chi connectivity index (χ1n) is 8.69. The number of thioether (sulfide) groups is 1. The van der Waals surface area contributed by atoms with E-state index in [-0.39, 0.29) is 5.91 Å². The van der Waals surface area contributed by atoms with E-state index in [2.05, 4.69) is 19.2 Å². The number of hydrogen-bond donors (Lipinski definition) is 1. The molecule has 1 heterocycles. The van der Waals surface area contributed by atoms with Crippen LogP contribution in [0.3, 0.4) is 0 Å². The molecule has 1 N–H and O–H groups in total. The maximum absolute atomic E-state index is 11.7. The Kier molecular flexibility index (Phi) is 6.53. The fraction of sp³-hybridized carbons (Fsp3) is 0.238. The number of ether oxygens (including phenoxy) is 2. The lowest BCUT2D eigenvalue weighted by molar-refractivity contribution is -0.115. The van der Waals surface area contributed by atoms with E-state index in [1.807, 2.05) is 54.6 Å². The van der Waals surface area contributed by atoms with Crippen molar-refractivity contribution in [2.24, 2.45) is 5.92 Å². The smallest absolute Gasteiger partial charge is 0.263 e. The second kappa shape index (κ2) is 9.06. The molecular weight excluding hydrogens is 378 g/mol. The fourth-order valence-electron chi connectivity index (χ4n) is 2.34. The molecule has 140 valence electrons. The normalized spacial score (nSPS) is 15.3. The largest absolute Gasteiger partial charge is 0.493 e. The molecule has 1 aliphatic heterocycles. The zero-order valence-corrected chi connectivity index (χ0v) is 16.9. The molecule has 1 aliphatic rings. The third-order valence-electron chi connectivity index (χ3n) is 3.73. The topological polar surface area (TPSA) is 47.6 Å². The van der Waals surface area contributed by atoms with Gasteiger partial charge in [0.15, 0.2) is 0 Å². The number of thiocarbonyl (C=S) groups is 1. The summed E-state index contributed by atoms with van der Waals surface area (Å²) in [5, 5.41) is 2.61. The quantitative estimate of drug-likeness (QED) is 0.536. The Morgan fingerprint density at radius 2 is 1.67 bits per heavy atom. The Bertz CT molecular complexity index is 843. The molecule has 0 bridgehead atoms. The summed E-state index contributed by atoms with van der Waals surface area (Å²) in [6.45, 7) is 5.45. The van der Waals surface area contributed by atoms with Gasteiger partial charge in [-0.3, -0.25) is 4.79 Å². The highest BCUT2D eigenvalue weighted by atomic mass is 32.2. The zero-order valence-electron chi connectivity index (χ0n) is 15.2. The van der Waals surface area contributed by atoms with Gasteiger partial charge in [-0.2, -0.15) is 0 Å². The van der Waals surface area contributed by atoms with Crippen LogP contribution >= 0.6 is 24.0 Å². The maximum atomic E-state index is 11.7. The number of rotatable bonds is 7. The monoisotopic (exact) mass is 399 g/mol. The lowest BCUT2D eigenvalue weighted by Crippen LogP contribution is -2.17. The van der Waals surface area contributed by atoms with Crippen molar-refractivity contribution in [3.05, 3.63) is 64.6 Å². The van der Waals surface area contributed by atoms with Crippen molar-refractivity contribution in [1.29, 1.82) is 0 Å².